The predicted octanol–water partition coefficient (Wildman–Crippen LogP) is 4.71. The fourth-order valence-corrected chi connectivity index (χ4v) is 3.66. The molecule has 0 bridgehead atoms. The van der Waals surface area contributed by atoms with Crippen LogP contribution in [0.2, 0.25) is 5.02 Å². The number of ether oxygens (including phenoxy) is 1. The van der Waals surface area contributed by atoms with Crippen LogP contribution < -0.4 is 20.3 Å². The van der Waals surface area contributed by atoms with E-state index in [1.165, 1.54) is 20.0 Å². The number of rotatable bonds is 4. The molecule has 0 atom stereocenters. The zero-order chi connectivity index (χ0) is 20.1. The summed E-state index contributed by atoms with van der Waals surface area (Å²) in [7, 11) is 1.51. The van der Waals surface area contributed by atoms with Crippen LogP contribution in [0.4, 0.5) is 11.4 Å². The molecule has 0 aromatic heterocycles. The molecule has 0 unspecified atom stereocenters. The lowest BCUT2D eigenvalue weighted by molar-refractivity contribution is 0.0975. The molecule has 1 aliphatic heterocycles. The molecule has 1 aliphatic rings. The van der Waals surface area contributed by atoms with Crippen molar-refractivity contribution in [2.75, 3.05) is 30.4 Å². The zero-order valence-electron chi connectivity index (χ0n) is 16.0. The highest BCUT2D eigenvalue weighted by Crippen LogP contribution is 2.29. The Hall–Kier alpha value is -2.31. The second-order valence-corrected chi connectivity index (χ2v) is 7.78. The molecule has 1 heterocycles. The number of methoxy groups -OCH3 is 1. The van der Waals surface area contributed by atoms with Gasteiger partial charge in [0.25, 0.3) is 5.91 Å². The van der Waals surface area contributed by atoms with Crippen molar-refractivity contribution in [3.63, 3.8) is 0 Å². The minimum atomic E-state index is -0.374. The van der Waals surface area contributed by atoms with Gasteiger partial charge in [0.05, 0.1) is 24.0 Å². The number of benzene rings is 2. The molecule has 0 spiro atoms. The summed E-state index contributed by atoms with van der Waals surface area (Å²) in [6.07, 6.45) is 2.34. The van der Waals surface area contributed by atoms with Crippen LogP contribution in [-0.4, -0.2) is 31.2 Å². The van der Waals surface area contributed by atoms with Crippen molar-refractivity contribution < 1.29 is 9.53 Å². The molecule has 1 amide bonds. The molecular weight excluding hydrogens is 394 g/mol. The van der Waals surface area contributed by atoms with Gasteiger partial charge in [0, 0.05) is 18.1 Å². The quantitative estimate of drug-likeness (QED) is 0.705. The first-order valence-electron chi connectivity index (χ1n) is 9.27. The molecule has 28 heavy (non-hydrogen) atoms. The lowest BCUT2D eigenvalue weighted by atomic mass is 9.98. The maximum atomic E-state index is 12.6. The van der Waals surface area contributed by atoms with Gasteiger partial charge in [-0.3, -0.25) is 10.1 Å². The van der Waals surface area contributed by atoms with E-state index in [9.17, 15) is 4.79 Å². The summed E-state index contributed by atoms with van der Waals surface area (Å²) in [6.45, 7) is 4.31. The van der Waals surface area contributed by atoms with Crippen LogP contribution in [0.1, 0.15) is 30.1 Å². The molecule has 0 aliphatic carbocycles. The minimum Gasteiger partial charge on any atom is -0.496 e. The zero-order valence-corrected chi connectivity index (χ0v) is 17.6. The van der Waals surface area contributed by atoms with Crippen molar-refractivity contribution in [1.82, 2.24) is 5.32 Å². The number of halogens is 1. The SMILES string of the molecule is COc1ccc(Cl)cc1C(=O)NC(=S)Nc1ccccc1N1CCC(C)CC1. The van der Waals surface area contributed by atoms with Gasteiger partial charge in [-0.25, -0.2) is 0 Å². The topological polar surface area (TPSA) is 53.6 Å². The predicted molar refractivity (Wildman–Crippen MR) is 119 cm³/mol. The third-order valence-electron chi connectivity index (χ3n) is 4.91. The van der Waals surface area contributed by atoms with E-state index >= 15 is 0 Å². The van der Waals surface area contributed by atoms with Gasteiger partial charge in [0.1, 0.15) is 5.75 Å². The van der Waals surface area contributed by atoms with E-state index in [1.807, 2.05) is 18.2 Å². The van der Waals surface area contributed by atoms with E-state index < -0.39 is 0 Å². The molecule has 5 nitrogen and oxygen atoms in total. The molecule has 1 saturated heterocycles. The standard InChI is InChI=1S/C21H24ClN3O2S/c1-14-9-11-25(12-10-14)18-6-4-3-5-17(18)23-21(28)24-20(26)16-13-15(22)7-8-19(16)27-2/h3-8,13-14H,9-12H2,1-2H3,(H2,23,24,26,28). The van der Waals surface area contributed by atoms with E-state index in [2.05, 4.69) is 28.5 Å². The van der Waals surface area contributed by atoms with Gasteiger partial charge in [-0.1, -0.05) is 30.7 Å². The number of nitrogens with zero attached hydrogens (tertiary/aromatic N) is 1. The average molecular weight is 418 g/mol. The fraction of sp³-hybridized carbons (Fsp3) is 0.333. The number of thiocarbonyl (C=S) groups is 1. The van der Waals surface area contributed by atoms with Crippen molar-refractivity contribution in [3.8, 4) is 5.75 Å². The van der Waals surface area contributed by atoms with Crippen molar-refractivity contribution in [1.29, 1.82) is 0 Å². The van der Waals surface area contributed by atoms with Gasteiger partial charge >= 0.3 is 0 Å². The Kier molecular flexibility index (Phi) is 6.75. The van der Waals surface area contributed by atoms with Crippen molar-refractivity contribution >= 4 is 46.2 Å². The average Bonchev–Trinajstić information content (AvgIpc) is 2.69. The summed E-state index contributed by atoms with van der Waals surface area (Å²) in [5, 5.41) is 6.54. The van der Waals surface area contributed by atoms with Gasteiger partial charge < -0.3 is 15.0 Å². The van der Waals surface area contributed by atoms with E-state index in [4.69, 9.17) is 28.6 Å². The Morgan fingerprint density at radius 3 is 2.64 bits per heavy atom. The van der Waals surface area contributed by atoms with Gasteiger partial charge in [0.15, 0.2) is 5.11 Å². The summed E-state index contributed by atoms with van der Waals surface area (Å²) in [4.78, 5) is 15.0. The van der Waals surface area contributed by atoms with Gasteiger partial charge in [-0.2, -0.15) is 0 Å². The molecule has 1 fully saturated rings. The molecule has 3 rings (SSSR count). The molecular formula is C21H24ClN3O2S. The number of nitrogens with one attached hydrogen (secondary N) is 2. The highest BCUT2D eigenvalue weighted by Gasteiger charge is 2.19. The van der Waals surface area contributed by atoms with Crippen LogP contribution in [-0.2, 0) is 0 Å². The molecule has 0 saturated carbocycles. The van der Waals surface area contributed by atoms with Crippen LogP contribution in [0.5, 0.6) is 5.75 Å². The molecule has 0 radical (unpaired) electrons. The second kappa shape index (κ2) is 9.26. The van der Waals surface area contributed by atoms with Crippen LogP contribution in [0, 0.1) is 5.92 Å². The maximum absolute atomic E-state index is 12.6. The summed E-state index contributed by atoms with van der Waals surface area (Å²) in [5.74, 6) is 0.818. The Labute approximate surface area is 176 Å². The lowest BCUT2D eigenvalue weighted by Crippen LogP contribution is -2.36. The number of para-hydroxylation sites is 2. The van der Waals surface area contributed by atoms with Gasteiger partial charge in [0.2, 0.25) is 0 Å². The number of amides is 1. The highest BCUT2D eigenvalue weighted by atomic mass is 35.5. The van der Waals surface area contributed by atoms with Gasteiger partial charge in [-0.05, 0) is 61.3 Å². The Bertz CT molecular complexity index is 866. The number of piperidine rings is 1. The van der Waals surface area contributed by atoms with Crippen molar-refractivity contribution in [2.24, 2.45) is 5.92 Å². The largest absolute Gasteiger partial charge is 0.496 e. The molecule has 2 aromatic carbocycles. The molecule has 2 N–H and O–H groups in total. The first-order chi connectivity index (χ1) is 13.5. The van der Waals surface area contributed by atoms with Crippen molar-refractivity contribution in [2.45, 2.75) is 19.8 Å². The summed E-state index contributed by atoms with van der Waals surface area (Å²) < 4.78 is 5.24. The normalized spacial score (nSPS) is 14.5. The highest BCUT2D eigenvalue weighted by molar-refractivity contribution is 7.80. The number of carbonyl (C=O) groups is 1. The first-order valence-corrected chi connectivity index (χ1v) is 10.1. The van der Waals surface area contributed by atoms with E-state index in [1.54, 1.807) is 18.2 Å². The van der Waals surface area contributed by atoms with Crippen molar-refractivity contribution in [3.05, 3.63) is 53.1 Å². The van der Waals surface area contributed by atoms with Crippen LogP contribution in [0.15, 0.2) is 42.5 Å². The third kappa shape index (κ3) is 4.94. The summed E-state index contributed by atoms with van der Waals surface area (Å²) in [6, 6.07) is 12.9. The molecule has 7 heteroatoms. The Morgan fingerprint density at radius 1 is 1.21 bits per heavy atom. The minimum absolute atomic E-state index is 0.227. The van der Waals surface area contributed by atoms with Crippen LogP contribution in [0.25, 0.3) is 0 Å². The van der Waals surface area contributed by atoms with Crippen LogP contribution >= 0.6 is 23.8 Å². The van der Waals surface area contributed by atoms with Crippen LogP contribution in [0.3, 0.4) is 0 Å². The smallest absolute Gasteiger partial charge is 0.261 e. The second-order valence-electron chi connectivity index (χ2n) is 6.94. The third-order valence-corrected chi connectivity index (χ3v) is 5.35. The molecule has 2 aromatic rings. The maximum Gasteiger partial charge on any atom is 0.261 e. The number of carbonyl (C=O) groups excluding carboxylic acids is 1. The molecule has 148 valence electrons. The number of hydrogen-bond acceptors (Lipinski definition) is 4. The summed E-state index contributed by atoms with van der Waals surface area (Å²) in [5.41, 5.74) is 2.30. The van der Waals surface area contributed by atoms with E-state index in [0.29, 0.717) is 16.3 Å². The van der Waals surface area contributed by atoms with E-state index in [-0.39, 0.29) is 11.0 Å². The van der Waals surface area contributed by atoms with E-state index in [0.717, 1.165) is 30.4 Å². The lowest BCUT2D eigenvalue weighted by Gasteiger charge is -2.33. The van der Waals surface area contributed by atoms with Gasteiger partial charge in [-0.15, -0.1) is 0 Å². The number of anilines is 2. The Balaban J connectivity index is 1.70. The Morgan fingerprint density at radius 2 is 1.93 bits per heavy atom. The number of hydrogen-bond donors (Lipinski definition) is 2. The summed E-state index contributed by atoms with van der Waals surface area (Å²) >= 11 is 11.4. The fourth-order valence-electron chi connectivity index (χ4n) is 3.29. The first kappa shape index (κ1) is 20.4. The monoisotopic (exact) mass is 417 g/mol.